The van der Waals surface area contributed by atoms with Crippen LogP contribution in [0.5, 0.6) is 0 Å². The Morgan fingerprint density at radius 1 is 1.00 bits per heavy atom. The van der Waals surface area contributed by atoms with Crippen molar-refractivity contribution in [1.29, 1.82) is 0 Å². The summed E-state index contributed by atoms with van der Waals surface area (Å²) in [4.78, 5) is 0. The Morgan fingerprint density at radius 3 is 1.67 bits per heavy atom. The molecule has 0 bridgehead atoms. The molecule has 0 saturated carbocycles. The third kappa shape index (κ3) is 2.72. The predicted octanol–water partition coefficient (Wildman–Crippen LogP) is 3.50. The van der Waals surface area contributed by atoms with E-state index in [2.05, 4.69) is 41.3 Å². The lowest BCUT2D eigenvalue weighted by molar-refractivity contribution is 1.80. The molecule has 0 amide bonds. The zero-order valence-corrected chi connectivity index (χ0v) is 12.2. The van der Waals surface area contributed by atoms with E-state index in [1.165, 1.54) is 10.2 Å². The normalized spacial score (nSPS) is 57.9. The molecule has 1 fully saturated rings. The Kier molecular flexibility index (Phi) is 3.51. The molecule has 1 heterocycles. The van der Waals surface area contributed by atoms with Crippen LogP contribution in [-0.4, -0.2) is 34.0 Å². The molecule has 0 aromatic heterocycles. The van der Waals surface area contributed by atoms with Crippen LogP contribution in [-0.2, 0) is 0 Å². The number of hydrogen-bond donors (Lipinski definition) is 0. The second-order valence-electron chi connectivity index (χ2n) is 4.65. The van der Waals surface area contributed by atoms with Crippen molar-refractivity contribution in [2.75, 3.05) is 34.0 Å². The summed E-state index contributed by atoms with van der Waals surface area (Å²) < 4.78 is 0. The number of rotatable bonds is 1. The van der Waals surface area contributed by atoms with E-state index >= 15 is 0 Å². The van der Waals surface area contributed by atoms with Gasteiger partial charge in [-0.3, -0.25) is 0 Å². The van der Waals surface area contributed by atoms with Crippen molar-refractivity contribution in [3.8, 4) is 23.4 Å². The largest absolute Gasteiger partial charge is 0.207 e. The van der Waals surface area contributed by atoms with Crippen LogP contribution in [0.15, 0.2) is 12.0 Å². The Hall–Kier alpha value is -0.0900. The molecule has 1 saturated heterocycles. The molecule has 3 heteroatoms. The van der Waals surface area contributed by atoms with Crippen LogP contribution < -0.4 is 0 Å². The predicted molar refractivity (Wildman–Crippen MR) is 83.0 cm³/mol. The fourth-order valence-electron chi connectivity index (χ4n) is 2.10. The first-order valence-corrected chi connectivity index (χ1v) is 11.8. The van der Waals surface area contributed by atoms with Gasteiger partial charge in [-0.25, -0.2) is 10.0 Å². The third-order valence-corrected chi connectivity index (χ3v) is 17.1. The highest BCUT2D eigenvalue weighted by Gasteiger charge is 2.39. The number of terminal acetylenes is 2. The molecule has 0 spiro atoms. The minimum Gasteiger partial charge on any atom is -0.207 e. The summed E-state index contributed by atoms with van der Waals surface area (Å²) in [5.41, 5.74) is 0. The van der Waals surface area contributed by atoms with Crippen LogP contribution in [0.25, 0.3) is 0 Å². The second kappa shape index (κ2) is 4.06. The molecule has 0 N–H and O–H groups in total. The van der Waals surface area contributed by atoms with Gasteiger partial charge in [0.05, 0.1) is 0 Å². The quantitative estimate of drug-likeness (QED) is 0.633. The molecule has 2 unspecified atom stereocenters. The molecule has 1 aliphatic heterocycles. The van der Waals surface area contributed by atoms with Gasteiger partial charge >= 0.3 is 0 Å². The maximum absolute atomic E-state index is 5.70. The first-order valence-electron chi connectivity index (χ1n) is 4.59. The monoisotopic (exact) mass is 260 g/mol. The minimum atomic E-state index is -0.929. The van der Waals surface area contributed by atoms with Crippen molar-refractivity contribution in [3.63, 3.8) is 0 Å². The van der Waals surface area contributed by atoms with E-state index in [4.69, 9.17) is 12.8 Å². The zero-order valence-electron chi connectivity index (χ0n) is 9.79. The van der Waals surface area contributed by atoms with Crippen molar-refractivity contribution in [3.05, 3.63) is 12.0 Å². The van der Waals surface area contributed by atoms with Gasteiger partial charge in [-0.2, -0.15) is 20.1 Å². The van der Waals surface area contributed by atoms with Gasteiger partial charge in [0.2, 0.25) is 0 Å². The highest BCUT2D eigenvalue weighted by molar-refractivity contribution is 8.65. The molecule has 0 aromatic carbocycles. The summed E-state index contributed by atoms with van der Waals surface area (Å²) in [5, 5.41) is 11.7. The smallest absolute Gasteiger partial charge is 0.0287 e. The van der Waals surface area contributed by atoms with Crippen molar-refractivity contribution in [1.82, 2.24) is 0 Å². The van der Waals surface area contributed by atoms with Gasteiger partial charge in [-0.05, 0) is 18.8 Å². The summed E-state index contributed by atoms with van der Waals surface area (Å²) in [5.74, 6) is 0. The topological polar surface area (TPSA) is 0 Å². The van der Waals surface area contributed by atoms with Gasteiger partial charge in [0.25, 0.3) is 0 Å². The fourth-order valence-corrected chi connectivity index (χ4v) is 20.7. The van der Waals surface area contributed by atoms with Crippen LogP contribution >= 0.6 is 30.1 Å². The maximum atomic E-state index is 5.70. The standard InChI is InChI=1S/C12H20S3/c1-7-13(4)10-14(5,8-2)12-15(6,9-3)11-13/h1-2,9H,3,10-12H2,4-6H3. The maximum Gasteiger partial charge on any atom is 0.0287 e. The fraction of sp³-hybridized carbons (Fsp3) is 0.500. The van der Waals surface area contributed by atoms with E-state index in [0.717, 1.165) is 5.08 Å². The van der Waals surface area contributed by atoms with E-state index in [1.807, 2.05) is 0 Å². The van der Waals surface area contributed by atoms with Crippen molar-refractivity contribution in [2.45, 2.75) is 0 Å². The molecule has 15 heavy (non-hydrogen) atoms. The van der Waals surface area contributed by atoms with Crippen molar-refractivity contribution < 1.29 is 0 Å². The highest BCUT2D eigenvalue weighted by atomic mass is 32.4. The minimum absolute atomic E-state index is 0.765. The third-order valence-electron chi connectivity index (χ3n) is 2.55. The molecule has 0 nitrogen and oxygen atoms in total. The van der Waals surface area contributed by atoms with Gasteiger partial charge in [0.15, 0.2) is 0 Å². The Labute approximate surface area is 99.2 Å². The van der Waals surface area contributed by atoms with E-state index in [1.54, 1.807) is 0 Å². The molecule has 0 radical (unpaired) electrons. The van der Waals surface area contributed by atoms with Crippen molar-refractivity contribution in [2.24, 2.45) is 0 Å². The summed E-state index contributed by atoms with van der Waals surface area (Å²) >= 11 is 0. The molecule has 86 valence electrons. The Bertz CT molecular complexity index is 332. The van der Waals surface area contributed by atoms with E-state index in [0.29, 0.717) is 0 Å². The summed E-state index contributed by atoms with van der Waals surface area (Å²) in [6, 6.07) is 0. The van der Waals surface area contributed by atoms with Crippen LogP contribution in [0.3, 0.4) is 0 Å². The van der Waals surface area contributed by atoms with Gasteiger partial charge in [0, 0.05) is 15.3 Å². The summed E-state index contributed by atoms with van der Waals surface area (Å²) in [6.45, 7) is 3.98. The SMILES string of the molecule is C#CS1(C)CS(C)(C#C)CS(C)(C=C)C1. The van der Waals surface area contributed by atoms with E-state index in [-0.39, 0.29) is 0 Å². The highest BCUT2D eigenvalue weighted by Crippen LogP contribution is 2.75. The van der Waals surface area contributed by atoms with Gasteiger partial charge < -0.3 is 0 Å². The molecule has 2 atom stereocenters. The van der Waals surface area contributed by atoms with Crippen LogP contribution in [0.2, 0.25) is 0 Å². The van der Waals surface area contributed by atoms with Gasteiger partial charge in [0.1, 0.15) is 0 Å². The lowest BCUT2D eigenvalue weighted by Crippen LogP contribution is -2.25. The molecular weight excluding hydrogens is 240 g/mol. The molecule has 0 aliphatic carbocycles. The summed E-state index contributed by atoms with van der Waals surface area (Å²) in [7, 11) is -2.62. The number of hydrogen-bond acceptors (Lipinski definition) is 0. The lowest BCUT2D eigenvalue weighted by Gasteiger charge is -2.55. The average Bonchev–Trinajstić information content (AvgIpc) is 2.16. The van der Waals surface area contributed by atoms with E-state index in [9.17, 15) is 0 Å². The molecule has 0 aromatic rings. The van der Waals surface area contributed by atoms with Gasteiger partial charge in [-0.15, -0.1) is 12.8 Å². The Balaban J connectivity index is 3.11. The van der Waals surface area contributed by atoms with Crippen LogP contribution in [0, 0.1) is 23.4 Å². The molecular formula is C12H20S3. The second-order valence-corrected chi connectivity index (χ2v) is 16.1. The van der Waals surface area contributed by atoms with Crippen molar-refractivity contribution >= 4 is 30.1 Å². The average molecular weight is 260 g/mol. The van der Waals surface area contributed by atoms with Crippen LogP contribution in [0.1, 0.15) is 0 Å². The zero-order chi connectivity index (χ0) is 11.7. The first kappa shape index (κ1) is 13.0. The lowest BCUT2D eigenvalue weighted by atomic mass is 11.3. The molecule has 1 rings (SSSR count). The Morgan fingerprint density at radius 2 is 1.40 bits per heavy atom. The van der Waals surface area contributed by atoms with E-state index < -0.39 is 30.1 Å². The van der Waals surface area contributed by atoms with Crippen LogP contribution in [0.4, 0.5) is 0 Å². The molecule has 1 aliphatic rings. The van der Waals surface area contributed by atoms with Gasteiger partial charge in [-0.1, -0.05) is 22.5 Å². The summed E-state index contributed by atoms with van der Waals surface area (Å²) in [6.07, 6.45) is 18.2. The first-order chi connectivity index (χ1) is 6.80.